The quantitative estimate of drug-likeness (QED) is 0.777. The summed E-state index contributed by atoms with van der Waals surface area (Å²) in [7, 11) is 0. The summed E-state index contributed by atoms with van der Waals surface area (Å²) in [4.78, 5) is 12.1. The van der Waals surface area contributed by atoms with Gasteiger partial charge in [0.2, 0.25) is 0 Å². The first-order valence-corrected chi connectivity index (χ1v) is 7.02. The van der Waals surface area contributed by atoms with E-state index in [0.29, 0.717) is 5.92 Å². The van der Waals surface area contributed by atoms with E-state index in [9.17, 15) is 4.79 Å². The van der Waals surface area contributed by atoms with Crippen LogP contribution in [0.25, 0.3) is 0 Å². The number of amides is 1. The normalized spacial score (nSPS) is 10.7. The smallest absolute Gasteiger partial charge is 0.251 e. The zero-order valence-corrected chi connectivity index (χ0v) is 11.8. The second-order valence-electron chi connectivity index (χ2n) is 4.97. The maximum atomic E-state index is 12.1. The fraction of sp³-hybridized carbons (Fsp3) is 0.562. The van der Waals surface area contributed by atoms with Gasteiger partial charge in [-0.25, -0.2) is 0 Å². The Morgan fingerprint density at radius 1 is 1.17 bits per heavy atom. The fourth-order valence-electron chi connectivity index (χ4n) is 2.32. The summed E-state index contributed by atoms with van der Waals surface area (Å²) in [6.45, 7) is 7.18. The number of hydrogen-bond donors (Lipinski definition) is 1. The molecule has 1 aromatic rings. The van der Waals surface area contributed by atoms with Gasteiger partial charge in [-0.15, -0.1) is 0 Å². The van der Waals surface area contributed by atoms with E-state index in [1.165, 1.54) is 25.7 Å². The molecule has 0 heterocycles. The predicted molar refractivity (Wildman–Crippen MR) is 76.8 cm³/mol. The molecule has 0 saturated heterocycles. The lowest BCUT2D eigenvalue weighted by Crippen LogP contribution is -2.29. The number of hydrogen-bond acceptors (Lipinski definition) is 1. The summed E-state index contributed by atoms with van der Waals surface area (Å²) in [5.41, 5.74) is 1.83. The van der Waals surface area contributed by atoms with Gasteiger partial charge >= 0.3 is 0 Å². The highest BCUT2D eigenvalue weighted by molar-refractivity contribution is 5.95. The predicted octanol–water partition coefficient (Wildman–Crippen LogP) is 3.94. The molecule has 0 aliphatic heterocycles. The second-order valence-corrected chi connectivity index (χ2v) is 4.97. The number of rotatable bonds is 7. The minimum absolute atomic E-state index is 0.0605. The van der Waals surface area contributed by atoms with Crippen LogP contribution in [-0.4, -0.2) is 12.5 Å². The van der Waals surface area contributed by atoms with Gasteiger partial charge < -0.3 is 5.32 Å². The van der Waals surface area contributed by atoms with Gasteiger partial charge in [0.15, 0.2) is 0 Å². The van der Waals surface area contributed by atoms with Crippen LogP contribution in [0.4, 0.5) is 0 Å². The van der Waals surface area contributed by atoms with Gasteiger partial charge in [0, 0.05) is 12.1 Å². The first kappa shape index (κ1) is 14.7. The van der Waals surface area contributed by atoms with E-state index in [4.69, 9.17) is 0 Å². The van der Waals surface area contributed by atoms with Crippen LogP contribution < -0.4 is 5.32 Å². The Kier molecular flexibility index (Phi) is 6.48. The standard InChI is InChI=1S/C16H25NO/c1-4-8-14(9-5-2)12-17-16(18)15-11-7-6-10-13(15)3/h6-7,10-11,14H,4-5,8-9,12H2,1-3H3,(H,17,18). The highest BCUT2D eigenvalue weighted by Gasteiger charge is 2.11. The molecule has 1 rings (SSSR count). The number of aryl methyl sites for hydroxylation is 1. The van der Waals surface area contributed by atoms with E-state index < -0.39 is 0 Å². The van der Waals surface area contributed by atoms with Crippen molar-refractivity contribution in [2.45, 2.75) is 46.5 Å². The van der Waals surface area contributed by atoms with Crippen molar-refractivity contribution in [3.05, 3.63) is 35.4 Å². The molecular formula is C16H25NO. The molecule has 2 nitrogen and oxygen atoms in total. The molecule has 0 aliphatic carbocycles. The number of benzene rings is 1. The molecule has 100 valence electrons. The van der Waals surface area contributed by atoms with Gasteiger partial charge in [-0.05, 0) is 37.3 Å². The van der Waals surface area contributed by atoms with Crippen molar-refractivity contribution in [1.82, 2.24) is 5.32 Å². The zero-order valence-electron chi connectivity index (χ0n) is 11.8. The van der Waals surface area contributed by atoms with E-state index in [2.05, 4.69) is 19.2 Å². The van der Waals surface area contributed by atoms with Crippen molar-refractivity contribution < 1.29 is 4.79 Å². The highest BCUT2D eigenvalue weighted by atomic mass is 16.1. The summed E-state index contributed by atoms with van der Waals surface area (Å²) in [5.74, 6) is 0.679. The monoisotopic (exact) mass is 247 g/mol. The number of carbonyl (C=O) groups excluding carboxylic acids is 1. The third-order valence-electron chi connectivity index (χ3n) is 3.33. The molecule has 0 unspecified atom stereocenters. The molecule has 0 fully saturated rings. The lowest BCUT2D eigenvalue weighted by molar-refractivity contribution is 0.0945. The third kappa shape index (κ3) is 4.52. The largest absolute Gasteiger partial charge is 0.352 e. The first-order valence-electron chi connectivity index (χ1n) is 7.02. The Hall–Kier alpha value is -1.31. The minimum atomic E-state index is 0.0605. The highest BCUT2D eigenvalue weighted by Crippen LogP contribution is 2.13. The molecule has 0 radical (unpaired) electrons. The summed E-state index contributed by atoms with van der Waals surface area (Å²) >= 11 is 0. The van der Waals surface area contributed by atoms with Crippen LogP contribution in [0.2, 0.25) is 0 Å². The van der Waals surface area contributed by atoms with Crippen molar-refractivity contribution in [3.63, 3.8) is 0 Å². The van der Waals surface area contributed by atoms with Crippen LogP contribution >= 0.6 is 0 Å². The third-order valence-corrected chi connectivity index (χ3v) is 3.33. The van der Waals surface area contributed by atoms with Crippen molar-refractivity contribution in [2.24, 2.45) is 5.92 Å². The van der Waals surface area contributed by atoms with Crippen molar-refractivity contribution in [2.75, 3.05) is 6.54 Å². The lowest BCUT2D eigenvalue weighted by atomic mass is 9.98. The van der Waals surface area contributed by atoms with E-state index in [0.717, 1.165) is 17.7 Å². The molecule has 0 spiro atoms. The molecule has 1 amide bonds. The van der Waals surface area contributed by atoms with Crippen LogP contribution in [0.3, 0.4) is 0 Å². The zero-order chi connectivity index (χ0) is 13.4. The maximum Gasteiger partial charge on any atom is 0.251 e. The summed E-state index contributed by atoms with van der Waals surface area (Å²) in [6, 6.07) is 7.74. The molecule has 1 aromatic carbocycles. The molecular weight excluding hydrogens is 222 g/mol. The van der Waals surface area contributed by atoms with Crippen LogP contribution in [0.1, 0.15) is 55.5 Å². The van der Waals surface area contributed by atoms with Gasteiger partial charge in [0.1, 0.15) is 0 Å². The molecule has 2 heteroatoms. The lowest BCUT2D eigenvalue weighted by Gasteiger charge is -2.16. The average Bonchev–Trinajstić information content (AvgIpc) is 2.36. The van der Waals surface area contributed by atoms with E-state index in [1.807, 2.05) is 31.2 Å². The average molecular weight is 247 g/mol. The Morgan fingerprint density at radius 3 is 2.33 bits per heavy atom. The Labute approximate surface area is 111 Å². The van der Waals surface area contributed by atoms with Crippen LogP contribution in [0.5, 0.6) is 0 Å². The van der Waals surface area contributed by atoms with Crippen LogP contribution in [-0.2, 0) is 0 Å². The van der Waals surface area contributed by atoms with E-state index in [1.54, 1.807) is 0 Å². The van der Waals surface area contributed by atoms with E-state index >= 15 is 0 Å². The van der Waals surface area contributed by atoms with Gasteiger partial charge in [0.05, 0.1) is 0 Å². The Balaban J connectivity index is 2.52. The van der Waals surface area contributed by atoms with E-state index in [-0.39, 0.29) is 5.91 Å². The van der Waals surface area contributed by atoms with Gasteiger partial charge in [0.25, 0.3) is 5.91 Å². The number of nitrogens with one attached hydrogen (secondary N) is 1. The number of carbonyl (C=O) groups is 1. The molecule has 0 aliphatic rings. The minimum Gasteiger partial charge on any atom is -0.352 e. The van der Waals surface area contributed by atoms with Crippen LogP contribution in [0.15, 0.2) is 24.3 Å². The molecule has 0 bridgehead atoms. The summed E-state index contributed by atoms with van der Waals surface area (Å²) in [6.07, 6.45) is 4.76. The molecule has 0 saturated carbocycles. The SMILES string of the molecule is CCCC(CCC)CNC(=O)c1ccccc1C. The molecule has 0 atom stereocenters. The second kappa shape index (κ2) is 7.91. The Bertz CT molecular complexity index is 367. The summed E-state index contributed by atoms with van der Waals surface area (Å²) in [5, 5.41) is 3.07. The van der Waals surface area contributed by atoms with Gasteiger partial charge in [-0.1, -0.05) is 44.9 Å². The van der Waals surface area contributed by atoms with Crippen molar-refractivity contribution in [3.8, 4) is 0 Å². The fourth-order valence-corrected chi connectivity index (χ4v) is 2.32. The molecule has 1 N–H and O–H groups in total. The van der Waals surface area contributed by atoms with Crippen molar-refractivity contribution >= 4 is 5.91 Å². The topological polar surface area (TPSA) is 29.1 Å². The van der Waals surface area contributed by atoms with Gasteiger partial charge in [-0.2, -0.15) is 0 Å². The molecule has 0 aromatic heterocycles. The summed E-state index contributed by atoms with van der Waals surface area (Å²) < 4.78 is 0. The maximum absolute atomic E-state index is 12.1. The van der Waals surface area contributed by atoms with Crippen molar-refractivity contribution in [1.29, 1.82) is 0 Å². The first-order chi connectivity index (χ1) is 8.69. The van der Waals surface area contributed by atoms with Gasteiger partial charge in [-0.3, -0.25) is 4.79 Å². The van der Waals surface area contributed by atoms with Crippen LogP contribution in [0, 0.1) is 12.8 Å². The molecule has 18 heavy (non-hydrogen) atoms. The Morgan fingerprint density at radius 2 is 1.78 bits per heavy atom.